The van der Waals surface area contributed by atoms with E-state index in [1.54, 1.807) is 37.8 Å². The van der Waals surface area contributed by atoms with Gasteiger partial charge in [0, 0.05) is 16.6 Å². The SMILES string of the molecule is COc1ccc(NC(=S)N/N=C\c2sccc2C)cc1OC. The highest BCUT2D eigenvalue weighted by molar-refractivity contribution is 7.80. The second-order valence-corrected chi connectivity index (χ2v) is 5.72. The number of hydrogen-bond donors (Lipinski definition) is 2. The summed E-state index contributed by atoms with van der Waals surface area (Å²) in [6, 6.07) is 7.51. The molecule has 0 radical (unpaired) electrons. The van der Waals surface area contributed by atoms with E-state index in [1.807, 2.05) is 30.5 Å². The van der Waals surface area contributed by atoms with E-state index in [0.717, 1.165) is 10.6 Å². The number of thiocarbonyl (C=S) groups is 1. The summed E-state index contributed by atoms with van der Waals surface area (Å²) in [5.41, 5.74) is 4.77. The van der Waals surface area contributed by atoms with Crippen LogP contribution in [0.4, 0.5) is 5.69 Å². The average Bonchev–Trinajstić information content (AvgIpc) is 2.92. The van der Waals surface area contributed by atoms with Crippen LogP contribution < -0.4 is 20.2 Å². The molecular formula is C15H17N3O2S2. The molecule has 0 unspecified atom stereocenters. The van der Waals surface area contributed by atoms with E-state index in [-0.39, 0.29) is 0 Å². The molecular weight excluding hydrogens is 318 g/mol. The molecule has 0 saturated carbocycles. The fourth-order valence-electron chi connectivity index (χ4n) is 1.74. The molecule has 0 spiro atoms. The fraction of sp³-hybridized carbons (Fsp3) is 0.200. The summed E-state index contributed by atoms with van der Waals surface area (Å²) in [4.78, 5) is 1.10. The molecule has 5 nitrogen and oxygen atoms in total. The van der Waals surface area contributed by atoms with Crippen molar-refractivity contribution in [3.05, 3.63) is 40.1 Å². The Morgan fingerprint density at radius 2 is 2.00 bits per heavy atom. The van der Waals surface area contributed by atoms with Gasteiger partial charge in [-0.05, 0) is 48.3 Å². The number of ether oxygens (including phenoxy) is 2. The molecule has 1 aromatic carbocycles. The van der Waals surface area contributed by atoms with Crippen LogP contribution in [0.25, 0.3) is 0 Å². The van der Waals surface area contributed by atoms with Crippen molar-refractivity contribution in [1.29, 1.82) is 0 Å². The highest BCUT2D eigenvalue weighted by Crippen LogP contribution is 2.29. The summed E-state index contributed by atoms with van der Waals surface area (Å²) in [6.45, 7) is 2.04. The van der Waals surface area contributed by atoms with Crippen LogP contribution in [-0.2, 0) is 0 Å². The third-order valence-electron chi connectivity index (χ3n) is 2.89. The number of hydrazone groups is 1. The minimum Gasteiger partial charge on any atom is -0.493 e. The molecule has 0 aliphatic carbocycles. The standard InChI is InChI=1S/C15H17N3O2S2/c1-10-6-7-22-14(10)9-16-18-15(21)17-11-4-5-12(19-2)13(8-11)20-3/h4-9H,1-3H3,(H2,17,18,21)/b16-9-. The Balaban J connectivity index is 1.94. The molecule has 0 fully saturated rings. The fourth-order valence-corrected chi connectivity index (χ4v) is 2.70. The Kier molecular flexibility index (Phi) is 5.74. The maximum atomic E-state index is 5.24. The number of nitrogens with one attached hydrogen (secondary N) is 2. The molecule has 0 aliphatic rings. The number of methoxy groups -OCH3 is 2. The maximum Gasteiger partial charge on any atom is 0.191 e. The number of anilines is 1. The van der Waals surface area contributed by atoms with Crippen molar-refractivity contribution < 1.29 is 9.47 Å². The lowest BCUT2D eigenvalue weighted by Crippen LogP contribution is -2.23. The zero-order valence-electron chi connectivity index (χ0n) is 12.5. The molecule has 22 heavy (non-hydrogen) atoms. The van der Waals surface area contributed by atoms with Gasteiger partial charge in [0.25, 0.3) is 0 Å². The van der Waals surface area contributed by atoms with Crippen LogP contribution in [0.2, 0.25) is 0 Å². The summed E-state index contributed by atoms with van der Waals surface area (Å²) in [6.07, 6.45) is 1.75. The van der Waals surface area contributed by atoms with Gasteiger partial charge in [-0.15, -0.1) is 11.3 Å². The number of benzene rings is 1. The summed E-state index contributed by atoms with van der Waals surface area (Å²) in [5.74, 6) is 1.30. The van der Waals surface area contributed by atoms with Crippen molar-refractivity contribution in [2.45, 2.75) is 6.92 Å². The quantitative estimate of drug-likeness (QED) is 0.498. The van der Waals surface area contributed by atoms with Crippen LogP contribution in [0.15, 0.2) is 34.7 Å². The van der Waals surface area contributed by atoms with Crippen LogP contribution in [0.5, 0.6) is 11.5 Å². The molecule has 0 atom stereocenters. The highest BCUT2D eigenvalue weighted by Gasteiger charge is 2.05. The van der Waals surface area contributed by atoms with Crippen molar-refractivity contribution in [3.8, 4) is 11.5 Å². The number of nitrogens with zero attached hydrogens (tertiary/aromatic N) is 1. The number of thiophene rings is 1. The van der Waals surface area contributed by atoms with Crippen LogP contribution in [-0.4, -0.2) is 25.5 Å². The maximum absolute atomic E-state index is 5.24. The largest absolute Gasteiger partial charge is 0.493 e. The lowest BCUT2D eigenvalue weighted by Gasteiger charge is -2.11. The Hall–Kier alpha value is -2.12. The summed E-state index contributed by atoms with van der Waals surface area (Å²) in [7, 11) is 3.18. The van der Waals surface area contributed by atoms with Gasteiger partial charge in [0.1, 0.15) is 0 Å². The van der Waals surface area contributed by atoms with E-state index in [9.17, 15) is 0 Å². The topological polar surface area (TPSA) is 54.9 Å². The molecule has 2 N–H and O–H groups in total. The van der Waals surface area contributed by atoms with E-state index in [4.69, 9.17) is 21.7 Å². The van der Waals surface area contributed by atoms with Crippen molar-refractivity contribution in [3.63, 3.8) is 0 Å². The van der Waals surface area contributed by atoms with Gasteiger partial charge in [-0.1, -0.05) is 0 Å². The first kappa shape index (κ1) is 16.3. The van der Waals surface area contributed by atoms with Crippen LogP contribution in [0.3, 0.4) is 0 Å². The van der Waals surface area contributed by atoms with Crippen molar-refractivity contribution >= 4 is 40.6 Å². The van der Waals surface area contributed by atoms with E-state index in [0.29, 0.717) is 16.6 Å². The van der Waals surface area contributed by atoms with Crippen LogP contribution in [0.1, 0.15) is 10.4 Å². The third-order valence-corrected chi connectivity index (χ3v) is 4.04. The Morgan fingerprint density at radius 3 is 2.64 bits per heavy atom. The van der Waals surface area contributed by atoms with E-state index < -0.39 is 0 Å². The highest BCUT2D eigenvalue weighted by atomic mass is 32.1. The van der Waals surface area contributed by atoms with Crippen LogP contribution >= 0.6 is 23.6 Å². The van der Waals surface area contributed by atoms with Gasteiger partial charge < -0.3 is 14.8 Å². The molecule has 0 amide bonds. The molecule has 2 rings (SSSR count). The number of rotatable bonds is 5. The van der Waals surface area contributed by atoms with E-state index >= 15 is 0 Å². The number of aryl methyl sites for hydroxylation is 1. The molecule has 7 heteroatoms. The molecule has 0 bridgehead atoms. The second kappa shape index (κ2) is 7.77. The molecule has 116 valence electrons. The zero-order chi connectivity index (χ0) is 15.9. The molecule has 0 saturated heterocycles. The van der Waals surface area contributed by atoms with Crippen molar-refractivity contribution in [2.24, 2.45) is 5.10 Å². The van der Waals surface area contributed by atoms with Gasteiger partial charge in [0.15, 0.2) is 16.6 Å². The summed E-state index contributed by atoms with van der Waals surface area (Å²) >= 11 is 6.83. The Labute approximate surface area is 139 Å². The Bertz CT molecular complexity index is 683. The van der Waals surface area contributed by atoms with Gasteiger partial charge in [-0.25, -0.2) is 0 Å². The molecule has 1 heterocycles. The smallest absolute Gasteiger partial charge is 0.191 e. The summed E-state index contributed by atoms with van der Waals surface area (Å²) in [5, 5.41) is 9.59. The third kappa shape index (κ3) is 4.19. The zero-order valence-corrected chi connectivity index (χ0v) is 14.2. The first-order chi connectivity index (χ1) is 10.6. The second-order valence-electron chi connectivity index (χ2n) is 4.36. The summed E-state index contributed by atoms with van der Waals surface area (Å²) < 4.78 is 10.4. The van der Waals surface area contributed by atoms with Gasteiger partial charge in [-0.2, -0.15) is 5.10 Å². The molecule has 1 aromatic heterocycles. The predicted octanol–water partition coefficient (Wildman–Crippen LogP) is 3.39. The van der Waals surface area contributed by atoms with Crippen molar-refractivity contribution in [2.75, 3.05) is 19.5 Å². The normalized spacial score (nSPS) is 10.5. The average molecular weight is 335 g/mol. The van der Waals surface area contributed by atoms with E-state index in [1.165, 1.54) is 5.56 Å². The Morgan fingerprint density at radius 1 is 1.23 bits per heavy atom. The minimum atomic E-state index is 0.401. The predicted molar refractivity (Wildman–Crippen MR) is 95.6 cm³/mol. The lowest BCUT2D eigenvalue weighted by atomic mass is 10.3. The molecule has 2 aromatic rings. The van der Waals surface area contributed by atoms with Crippen molar-refractivity contribution in [1.82, 2.24) is 5.43 Å². The van der Waals surface area contributed by atoms with Gasteiger partial charge in [0.05, 0.1) is 20.4 Å². The lowest BCUT2D eigenvalue weighted by molar-refractivity contribution is 0.355. The van der Waals surface area contributed by atoms with Crippen LogP contribution in [0, 0.1) is 6.92 Å². The molecule has 0 aliphatic heterocycles. The number of hydrogen-bond acceptors (Lipinski definition) is 5. The monoisotopic (exact) mass is 335 g/mol. The van der Waals surface area contributed by atoms with Gasteiger partial charge >= 0.3 is 0 Å². The van der Waals surface area contributed by atoms with Gasteiger partial charge in [-0.3, -0.25) is 5.43 Å². The minimum absolute atomic E-state index is 0.401. The van der Waals surface area contributed by atoms with E-state index in [2.05, 4.69) is 15.8 Å². The first-order valence-electron chi connectivity index (χ1n) is 6.50. The van der Waals surface area contributed by atoms with Gasteiger partial charge in [0.2, 0.25) is 0 Å². The first-order valence-corrected chi connectivity index (χ1v) is 7.79.